The van der Waals surface area contributed by atoms with Crippen LogP contribution in [0.3, 0.4) is 0 Å². The monoisotopic (exact) mass is 299 g/mol. The number of hydrogen-bond acceptors (Lipinski definition) is 5. The molecule has 2 rings (SSSR count). The first-order chi connectivity index (χ1) is 9.08. The molecule has 1 aromatic heterocycles. The molecule has 106 valence electrons. The third kappa shape index (κ3) is 2.84. The second-order valence-electron chi connectivity index (χ2n) is 4.94. The normalized spacial score (nSPS) is 15.1. The lowest BCUT2D eigenvalue weighted by atomic mass is 9.85. The highest BCUT2D eigenvalue weighted by Crippen LogP contribution is 2.44. The number of nitrogen functional groups attached to an aromatic ring is 1. The maximum atomic E-state index is 11.8. The number of carbonyl (C=O) groups is 1. The van der Waals surface area contributed by atoms with Gasteiger partial charge >= 0.3 is 0 Å². The van der Waals surface area contributed by atoms with E-state index in [1.54, 1.807) is 18.8 Å². The Bertz CT molecular complexity index is 469. The van der Waals surface area contributed by atoms with Crippen molar-refractivity contribution in [1.82, 2.24) is 5.32 Å². The van der Waals surface area contributed by atoms with E-state index >= 15 is 0 Å². The van der Waals surface area contributed by atoms with Crippen LogP contribution in [-0.2, 0) is 0 Å². The largest absolute Gasteiger partial charge is 0.396 e. The summed E-state index contributed by atoms with van der Waals surface area (Å²) >= 11 is 3.11. The van der Waals surface area contributed by atoms with Gasteiger partial charge in [0.25, 0.3) is 5.91 Å². The molecule has 4 nitrogen and oxygen atoms in total. The fourth-order valence-electron chi connectivity index (χ4n) is 2.29. The lowest BCUT2D eigenvalue weighted by Gasteiger charge is -2.31. The van der Waals surface area contributed by atoms with Crippen LogP contribution < -0.4 is 16.0 Å². The zero-order chi connectivity index (χ0) is 14.0. The van der Waals surface area contributed by atoms with Crippen LogP contribution in [0.25, 0.3) is 0 Å². The Morgan fingerprint density at radius 2 is 2.26 bits per heavy atom. The van der Waals surface area contributed by atoms with Crippen LogP contribution in [0, 0.1) is 5.92 Å². The molecule has 0 aromatic carbocycles. The fraction of sp³-hybridized carbons (Fsp3) is 0.615. The first kappa shape index (κ1) is 14.5. The number of nitrogens with zero attached hydrogens (tertiary/aromatic N) is 1. The minimum atomic E-state index is -0.0962. The van der Waals surface area contributed by atoms with E-state index in [9.17, 15) is 4.79 Å². The molecular formula is C13H21N3OS2. The highest BCUT2D eigenvalue weighted by atomic mass is 32.2. The second-order valence-corrected chi connectivity index (χ2v) is 6.76. The number of nitrogens with one attached hydrogen (secondary N) is 1. The van der Waals surface area contributed by atoms with Crippen LogP contribution in [0.5, 0.6) is 0 Å². The van der Waals surface area contributed by atoms with Gasteiger partial charge in [0.05, 0.1) is 10.6 Å². The summed E-state index contributed by atoms with van der Waals surface area (Å²) in [6, 6.07) is 0. The average molecular weight is 299 g/mol. The van der Waals surface area contributed by atoms with Crippen molar-refractivity contribution in [2.45, 2.75) is 24.2 Å². The molecule has 1 fully saturated rings. The standard InChI is InChI=1S/C13H21N3OS2/c1-15-12(17)10-9(14)11(18-3)13(19-10)16(2)7-8-5-4-6-8/h8H,4-7,14H2,1-3H3,(H,15,17). The van der Waals surface area contributed by atoms with Gasteiger partial charge < -0.3 is 16.0 Å². The van der Waals surface area contributed by atoms with E-state index in [1.807, 2.05) is 6.26 Å². The number of anilines is 2. The topological polar surface area (TPSA) is 58.4 Å². The van der Waals surface area contributed by atoms with Crippen LogP contribution in [0.15, 0.2) is 4.90 Å². The first-order valence-corrected chi connectivity index (χ1v) is 8.52. The lowest BCUT2D eigenvalue weighted by molar-refractivity contribution is 0.0968. The molecule has 0 bridgehead atoms. The summed E-state index contributed by atoms with van der Waals surface area (Å²) in [4.78, 5) is 15.7. The second kappa shape index (κ2) is 6.05. The van der Waals surface area contributed by atoms with Crippen molar-refractivity contribution in [2.75, 3.05) is 37.5 Å². The smallest absolute Gasteiger partial charge is 0.263 e. The summed E-state index contributed by atoms with van der Waals surface area (Å²) in [7, 11) is 3.73. The van der Waals surface area contributed by atoms with Crippen molar-refractivity contribution < 1.29 is 4.79 Å². The predicted molar refractivity (Wildman–Crippen MR) is 84.5 cm³/mol. The fourth-order valence-corrected chi connectivity index (χ4v) is 4.42. The van der Waals surface area contributed by atoms with E-state index < -0.39 is 0 Å². The van der Waals surface area contributed by atoms with E-state index in [0.717, 1.165) is 22.4 Å². The van der Waals surface area contributed by atoms with E-state index in [4.69, 9.17) is 5.73 Å². The number of hydrogen-bond donors (Lipinski definition) is 2. The zero-order valence-electron chi connectivity index (χ0n) is 11.7. The van der Waals surface area contributed by atoms with Gasteiger partial charge in [0.2, 0.25) is 0 Å². The molecule has 1 aromatic rings. The van der Waals surface area contributed by atoms with Gasteiger partial charge in [-0.25, -0.2) is 0 Å². The Balaban J connectivity index is 2.24. The highest BCUT2D eigenvalue weighted by molar-refractivity contribution is 7.99. The lowest BCUT2D eigenvalue weighted by Crippen LogP contribution is -2.29. The number of rotatable bonds is 5. The van der Waals surface area contributed by atoms with Gasteiger partial charge in [-0.2, -0.15) is 0 Å². The molecule has 3 N–H and O–H groups in total. The average Bonchev–Trinajstić information content (AvgIpc) is 2.69. The molecule has 1 amide bonds. The van der Waals surface area contributed by atoms with Crippen LogP contribution in [0.1, 0.15) is 28.9 Å². The van der Waals surface area contributed by atoms with E-state index in [1.165, 1.54) is 30.6 Å². The van der Waals surface area contributed by atoms with Crippen LogP contribution in [0.4, 0.5) is 10.7 Å². The summed E-state index contributed by atoms with van der Waals surface area (Å²) in [5, 5.41) is 3.77. The number of nitrogens with two attached hydrogens (primary N) is 1. The van der Waals surface area contributed by atoms with Crippen LogP contribution >= 0.6 is 23.1 Å². The van der Waals surface area contributed by atoms with Gasteiger partial charge in [-0.15, -0.1) is 23.1 Å². The van der Waals surface area contributed by atoms with E-state index in [0.29, 0.717) is 10.6 Å². The van der Waals surface area contributed by atoms with Gasteiger partial charge in [-0.05, 0) is 25.0 Å². The van der Waals surface area contributed by atoms with E-state index in [2.05, 4.69) is 17.3 Å². The van der Waals surface area contributed by atoms with Crippen LogP contribution in [-0.4, -0.2) is 32.8 Å². The molecule has 0 atom stereocenters. The molecule has 0 aliphatic heterocycles. The number of thiophene rings is 1. The maximum Gasteiger partial charge on any atom is 0.263 e. The Hall–Kier alpha value is -0.880. The van der Waals surface area contributed by atoms with Crippen molar-refractivity contribution in [1.29, 1.82) is 0 Å². The van der Waals surface area contributed by atoms with Gasteiger partial charge in [-0.3, -0.25) is 4.79 Å². The molecular weight excluding hydrogens is 278 g/mol. The molecule has 19 heavy (non-hydrogen) atoms. The maximum absolute atomic E-state index is 11.8. The summed E-state index contributed by atoms with van der Waals surface area (Å²) in [6.07, 6.45) is 6.00. The van der Waals surface area contributed by atoms with Crippen molar-refractivity contribution in [3.05, 3.63) is 4.88 Å². The molecule has 1 aliphatic carbocycles. The summed E-state index contributed by atoms with van der Waals surface area (Å²) < 4.78 is 0. The van der Waals surface area contributed by atoms with Gasteiger partial charge in [-0.1, -0.05) is 6.42 Å². The van der Waals surface area contributed by atoms with Crippen molar-refractivity contribution in [2.24, 2.45) is 5.92 Å². The molecule has 1 heterocycles. The SMILES string of the molecule is CNC(=O)c1sc(N(C)CC2CCC2)c(SC)c1N. The van der Waals surface area contributed by atoms with Crippen molar-refractivity contribution in [3.8, 4) is 0 Å². The minimum Gasteiger partial charge on any atom is -0.396 e. The molecule has 1 saturated carbocycles. The Morgan fingerprint density at radius 1 is 1.58 bits per heavy atom. The van der Waals surface area contributed by atoms with Gasteiger partial charge in [0.15, 0.2) is 0 Å². The van der Waals surface area contributed by atoms with E-state index in [-0.39, 0.29) is 5.91 Å². The minimum absolute atomic E-state index is 0.0962. The molecule has 0 saturated heterocycles. The Morgan fingerprint density at radius 3 is 2.74 bits per heavy atom. The summed E-state index contributed by atoms with van der Waals surface area (Å²) in [5.74, 6) is 0.701. The number of amides is 1. The molecule has 6 heteroatoms. The molecule has 1 aliphatic rings. The van der Waals surface area contributed by atoms with Crippen LogP contribution in [0.2, 0.25) is 0 Å². The molecule has 0 spiro atoms. The Kier molecular flexibility index (Phi) is 4.62. The quantitative estimate of drug-likeness (QED) is 0.821. The highest BCUT2D eigenvalue weighted by Gasteiger charge is 2.25. The Labute approximate surface area is 122 Å². The molecule has 0 unspecified atom stereocenters. The van der Waals surface area contributed by atoms with Gasteiger partial charge in [0, 0.05) is 20.6 Å². The van der Waals surface area contributed by atoms with Crippen molar-refractivity contribution >= 4 is 39.7 Å². The third-order valence-electron chi connectivity index (χ3n) is 3.62. The number of carbonyl (C=O) groups excluding carboxylic acids is 1. The van der Waals surface area contributed by atoms with Crippen molar-refractivity contribution in [3.63, 3.8) is 0 Å². The summed E-state index contributed by atoms with van der Waals surface area (Å²) in [6.45, 7) is 1.06. The molecule has 0 radical (unpaired) electrons. The predicted octanol–water partition coefficient (Wildman–Crippen LogP) is 2.65. The summed E-state index contributed by atoms with van der Waals surface area (Å²) in [5.41, 5.74) is 6.73. The zero-order valence-corrected chi connectivity index (χ0v) is 13.3. The third-order valence-corrected chi connectivity index (χ3v) is 5.89. The first-order valence-electron chi connectivity index (χ1n) is 6.48. The number of thioether (sulfide) groups is 1. The van der Waals surface area contributed by atoms with Gasteiger partial charge in [0.1, 0.15) is 9.88 Å².